The number of anilines is 4. The number of carbonyl (C=O) groups excluding carboxylic acids is 5. The number of nitrogens with one attached hydrogen (secondary N) is 2. The first-order chi connectivity index (χ1) is 29.8. The van der Waals surface area contributed by atoms with Gasteiger partial charge < -0.3 is 24.9 Å². The molecule has 4 amide bonds. The van der Waals surface area contributed by atoms with Gasteiger partial charge in [-0.05, 0) is 106 Å². The largest absolute Gasteiger partial charge is 0.369 e. The second-order valence-electron chi connectivity index (χ2n) is 17.7. The first-order valence-electron chi connectivity index (χ1n) is 22.0. The molecule has 2 unspecified atom stereocenters. The van der Waals surface area contributed by atoms with Crippen LogP contribution in [0.3, 0.4) is 0 Å². The summed E-state index contributed by atoms with van der Waals surface area (Å²) in [4.78, 5) is 74.6. The zero-order valence-electron chi connectivity index (χ0n) is 35.4. The lowest BCUT2D eigenvalue weighted by atomic mass is 9.78. The molecule has 4 aliphatic heterocycles. The van der Waals surface area contributed by atoms with Crippen LogP contribution in [0.5, 0.6) is 0 Å². The zero-order chi connectivity index (χ0) is 43.7. The molecule has 326 valence electrons. The molecule has 2 N–H and O–H groups in total. The van der Waals surface area contributed by atoms with Crippen LogP contribution in [0.15, 0.2) is 54.6 Å². The number of piperazine rings is 2. The van der Waals surface area contributed by atoms with Crippen molar-refractivity contribution in [2.75, 3.05) is 78.9 Å². The van der Waals surface area contributed by atoms with Crippen molar-refractivity contribution in [2.45, 2.75) is 70.9 Å². The van der Waals surface area contributed by atoms with E-state index in [1.54, 1.807) is 35.2 Å². The number of carbonyl (C=O) groups is 5. The highest BCUT2D eigenvalue weighted by atomic mass is 35.5. The fourth-order valence-corrected chi connectivity index (χ4v) is 10.2. The number of amides is 4. The van der Waals surface area contributed by atoms with Crippen molar-refractivity contribution in [3.63, 3.8) is 0 Å². The first-order valence-corrected chi connectivity index (χ1v) is 22.3. The smallest absolute Gasteiger partial charge is 0.322 e. The molecule has 4 atom stereocenters. The van der Waals surface area contributed by atoms with Crippen LogP contribution < -0.4 is 25.3 Å². The lowest BCUT2D eigenvalue weighted by Crippen LogP contribution is -2.59. The number of benzene rings is 3. The van der Waals surface area contributed by atoms with Crippen molar-refractivity contribution in [1.82, 2.24) is 15.1 Å². The van der Waals surface area contributed by atoms with Crippen molar-refractivity contribution in [3.05, 3.63) is 82.1 Å². The molecular formula is C47H54ClFN8O5. The van der Waals surface area contributed by atoms with Crippen LogP contribution >= 0.6 is 11.6 Å². The number of hydrogen-bond donors (Lipinski definition) is 2. The van der Waals surface area contributed by atoms with Crippen LogP contribution in [-0.2, 0) is 9.59 Å². The van der Waals surface area contributed by atoms with E-state index in [0.717, 1.165) is 70.0 Å². The second kappa shape index (κ2) is 18.4. The van der Waals surface area contributed by atoms with E-state index in [4.69, 9.17) is 11.6 Å². The summed E-state index contributed by atoms with van der Waals surface area (Å²) in [6.07, 6.45) is 3.76. The summed E-state index contributed by atoms with van der Waals surface area (Å²) in [6, 6.07) is 17.6. The number of imide groups is 1. The Morgan fingerprint density at radius 2 is 1.58 bits per heavy atom. The molecule has 5 aliphatic rings. The number of rotatable bonds is 9. The second-order valence-corrected chi connectivity index (χ2v) is 18.1. The van der Waals surface area contributed by atoms with Crippen molar-refractivity contribution in [1.29, 1.82) is 5.26 Å². The van der Waals surface area contributed by atoms with Gasteiger partial charge in [0.05, 0.1) is 16.3 Å². The first kappa shape index (κ1) is 43.1. The average molecular weight is 865 g/mol. The van der Waals surface area contributed by atoms with Crippen LogP contribution in [0.4, 0.5) is 31.9 Å². The Morgan fingerprint density at radius 3 is 2.29 bits per heavy atom. The highest BCUT2D eigenvalue weighted by molar-refractivity contribution is 6.32. The van der Waals surface area contributed by atoms with Gasteiger partial charge in [-0.3, -0.25) is 29.4 Å². The molecule has 0 aromatic heterocycles. The number of halogens is 2. The molecule has 0 saturated carbocycles. The van der Waals surface area contributed by atoms with Gasteiger partial charge in [0.2, 0.25) is 11.8 Å². The Kier molecular flexibility index (Phi) is 12.8. The molecule has 1 aliphatic carbocycles. The topological polar surface area (TPSA) is 149 Å². The summed E-state index contributed by atoms with van der Waals surface area (Å²) in [5.41, 5.74) is 4.16. The monoisotopic (exact) mass is 864 g/mol. The predicted molar refractivity (Wildman–Crippen MR) is 236 cm³/mol. The van der Waals surface area contributed by atoms with Gasteiger partial charge >= 0.3 is 6.03 Å². The Morgan fingerprint density at radius 1 is 0.839 bits per heavy atom. The van der Waals surface area contributed by atoms with Gasteiger partial charge in [-0.2, -0.15) is 5.26 Å². The zero-order valence-corrected chi connectivity index (χ0v) is 36.1. The standard InChI is InChI=1S/C47H54ClFN8O5/c1-29-27-57(30(2)26-56(29)37-8-5-34(25-50)40(48)24-37)47(62)51-35-7-11-42(41(49)22-35)55-15-13-31(14-16-55)28-53-17-19-54(20-18-53)36-9-10-38-39(23-36)43(58)21-33(45(38)60)4-3-32-6-12-44(59)52-46(32)61/h5,7-11,22-24,29-33H,3-4,6,12-21,26-28H2,1-2H3,(H,51,62)(H,52,59,61)/t29-,30+,32?,33?/m0/s1. The van der Waals surface area contributed by atoms with Gasteiger partial charge in [0.15, 0.2) is 11.6 Å². The SMILES string of the molecule is C[C@@H]1CN(c2ccc(C#N)c(Cl)c2)[C@@H](C)CN1C(=O)Nc1ccc(N2CCC(CN3CCN(c4ccc5c(c4)C(=O)CC(CCC4CCC(=O)NC4=O)C5=O)CC3)CC2)c(F)c1. The molecule has 4 fully saturated rings. The maximum absolute atomic E-state index is 15.6. The van der Waals surface area contributed by atoms with E-state index in [1.165, 1.54) is 6.07 Å². The molecule has 62 heavy (non-hydrogen) atoms. The van der Waals surface area contributed by atoms with Crippen LogP contribution in [0.25, 0.3) is 0 Å². The molecule has 4 heterocycles. The number of nitriles is 1. The molecule has 15 heteroatoms. The van der Waals surface area contributed by atoms with E-state index in [-0.39, 0.29) is 59.7 Å². The van der Waals surface area contributed by atoms with E-state index in [1.807, 2.05) is 32.0 Å². The molecule has 3 aromatic rings. The van der Waals surface area contributed by atoms with Crippen LogP contribution in [0.2, 0.25) is 5.02 Å². The van der Waals surface area contributed by atoms with Gasteiger partial charge in [0.25, 0.3) is 0 Å². The molecule has 0 bridgehead atoms. The van der Waals surface area contributed by atoms with Crippen molar-refractivity contribution in [2.24, 2.45) is 17.8 Å². The molecule has 8 rings (SSSR count). The third-order valence-electron chi connectivity index (χ3n) is 13.6. The highest BCUT2D eigenvalue weighted by Gasteiger charge is 2.36. The molecule has 3 aromatic carbocycles. The number of urea groups is 1. The number of piperidine rings is 2. The van der Waals surface area contributed by atoms with Crippen molar-refractivity contribution in [3.8, 4) is 6.07 Å². The normalized spacial score (nSPS) is 23.9. The third kappa shape index (κ3) is 9.29. The average Bonchev–Trinajstić information content (AvgIpc) is 3.26. The molecule has 0 spiro atoms. The quantitative estimate of drug-likeness (QED) is 0.222. The summed E-state index contributed by atoms with van der Waals surface area (Å²) >= 11 is 6.30. The minimum absolute atomic E-state index is 0.00232. The van der Waals surface area contributed by atoms with Gasteiger partial charge in [-0.15, -0.1) is 0 Å². The third-order valence-corrected chi connectivity index (χ3v) is 14.0. The number of ketones is 2. The van der Waals surface area contributed by atoms with Crippen molar-refractivity contribution >= 4 is 63.8 Å². The minimum Gasteiger partial charge on any atom is -0.369 e. The Balaban J connectivity index is 0.775. The van der Waals surface area contributed by atoms with E-state index in [2.05, 4.69) is 36.3 Å². The molecule has 13 nitrogen and oxygen atoms in total. The fourth-order valence-electron chi connectivity index (χ4n) is 9.96. The summed E-state index contributed by atoms with van der Waals surface area (Å²) in [5.74, 6) is -1.25. The van der Waals surface area contributed by atoms with Crippen molar-refractivity contribution < 1.29 is 28.4 Å². The lowest BCUT2D eigenvalue weighted by Gasteiger charge is -2.45. The lowest BCUT2D eigenvalue weighted by molar-refractivity contribution is -0.136. The molecule has 0 radical (unpaired) electrons. The minimum atomic E-state index is -0.447. The summed E-state index contributed by atoms with van der Waals surface area (Å²) < 4.78 is 15.6. The van der Waals surface area contributed by atoms with Gasteiger partial charge in [-0.25, -0.2) is 9.18 Å². The summed E-state index contributed by atoms with van der Waals surface area (Å²) in [5, 5.41) is 14.9. The van der Waals surface area contributed by atoms with E-state index in [9.17, 15) is 29.2 Å². The van der Waals surface area contributed by atoms with Crippen LogP contribution in [-0.4, -0.2) is 110 Å². The van der Waals surface area contributed by atoms with E-state index >= 15 is 4.39 Å². The van der Waals surface area contributed by atoms with Crippen LogP contribution in [0.1, 0.15) is 85.1 Å². The Hall–Kier alpha value is -5.52. The molecule has 4 saturated heterocycles. The van der Waals surface area contributed by atoms with Gasteiger partial charge in [0.1, 0.15) is 11.9 Å². The number of hydrogen-bond acceptors (Lipinski definition) is 10. The maximum atomic E-state index is 15.6. The van der Waals surface area contributed by atoms with E-state index < -0.39 is 5.92 Å². The molecular weight excluding hydrogens is 811 g/mol. The number of Topliss-reactive ketones (excluding diaryl/α,β-unsaturated/α-hetero) is 2. The number of nitrogens with zero attached hydrogens (tertiary/aromatic N) is 6. The summed E-state index contributed by atoms with van der Waals surface area (Å²) in [7, 11) is 0. The fraction of sp³-hybridized carbons (Fsp3) is 0.489. The van der Waals surface area contributed by atoms with Crippen LogP contribution in [0, 0.1) is 34.9 Å². The Bertz CT molecular complexity index is 2290. The Labute approximate surface area is 367 Å². The number of fused-ring (bicyclic) bond motifs is 1. The summed E-state index contributed by atoms with van der Waals surface area (Å²) in [6.45, 7) is 10.9. The highest BCUT2D eigenvalue weighted by Crippen LogP contribution is 2.35. The maximum Gasteiger partial charge on any atom is 0.322 e. The van der Waals surface area contributed by atoms with Gasteiger partial charge in [-0.1, -0.05) is 11.6 Å². The van der Waals surface area contributed by atoms with Gasteiger partial charge in [0, 0.05) is 124 Å². The predicted octanol–water partition coefficient (Wildman–Crippen LogP) is 6.74. The van der Waals surface area contributed by atoms with E-state index in [0.29, 0.717) is 77.8 Å².